The van der Waals surface area contributed by atoms with Crippen molar-refractivity contribution in [3.63, 3.8) is 0 Å². The molecule has 5 nitrogen and oxygen atoms in total. The molecule has 1 aliphatic rings. The number of nitrogens with zero attached hydrogens (tertiary/aromatic N) is 2. The average molecular weight is 361 g/mol. The standard InChI is InChI=1S/C12H15ClFN3O2.2ClH/c13-9-1-2-11(17(18)19)10(7-9)12(8-14)16-5-3-15-4-6-16;;/h1-2,7,12,15H,3-6,8H2;2*1H/t12-;;/m1../s1. The topological polar surface area (TPSA) is 58.4 Å². The van der Waals surface area contributed by atoms with Crippen molar-refractivity contribution in [1.29, 1.82) is 0 Å². The van der Waals surface area contributed by atoms with Crippen LogP contribution in [0, 0.1) is 10.1 Å². The molecule has 120 valence electrons. The molecule has 0 spiro atoms. The lowest BCUT2D eigenvalue weighted by atomic mass is 10.0. The lowest BCUT2D eigenvalue weighted by Crippen LogP contribution is -2.45. The average Bonchev–Trinajstić information content (AvgIpc) is 2.40. The van der Waals surface area contributed by atoms with E-state index in [9.17, 15) is 14.5 Å². The second-order valence-corrected chi connectivity index (χ2v) is 4.85. The highest BCUT2D eigenvalue weighted by Crippen LogP contribution is 2.32. The monoisotopic (exact) mass is 359 g/mol. The Bertz CT molecular complexity index is 473. The van der Waals surface area contributed by atoms with Crippen molar-refractivity contribution in [3.05, 3.63) is 38.9 Å². The van der Waals surface area contributed by atoms with E-state index in [2.05, 4.69) is 5.32 Å². The normalized spacial score (nSPS) is 16.5. The maximum absolute atomic E-state index is 13.4. The molecule has 0 unspecified atom stereocenters. The molecule has 0 amide bonds. The molecule has 1 saturated heterocycles. The molecule has 1 aliphatic heterocycles. The molecular weight excluding hydrogens is 344 g/mol. The van der Waals surface area contributed by atoms with Gasteiger partial charge in [0, 0.05) is 37.3 Å². The minimum absolute atomic E-state index is 0. The van der Waals surface area contributed by atoms with Crippen LogP contribution in [0.3, 0.4) is 0 Å². The lowest BCUT2D eigenvalue weighted by Gasteiger charge is -2.33. The Morgan fingerprint density at radius 2 is 2.00 bits per heavy atom. The van der Waals surface area contributed by atoms with Crippen molar-refractivity contribution >= 4 is 42.1 Å². The number of alkyl halides is 1. The van der Waals surface area contributed by atoms with Gasteiger partial charge in [-0.15, -0.1) is 24.8 Å². The van der Waals surface area contributed by atoms with Crippen molar-refractivity contribution in [2.24, 2.45) is 0 Å². The summed E-state index contributed by atoms with van der Waals surface area (Å²) in [6, 6.07) is 3.67. The molecule has 1 fully saturated rings. The first-order valence-corrected chi connectivity index (χ1v) is 6.46. The van der Waals surface area contributed by atoms with Gasteiger partial charge in [0.2, 0.25) is 0 Å². The number of nitro benzene ring substituents is 1. The van der Waals surface area contributed by atoms with E-state index in [1.165, 1.54) is 18.2 Å². The zero-order valence-electron chi connectivity index (χ0n) is 11.1. The van der Waals surface area contributed by atoms with E-state index in [0.29, 0.717) is 23.7 Å². The van der Waals surface area contributed by atoms with Gasteiger partial charge in [-0.1, -0.05) is 11.6 Å². The van der Waals surface area contributed by atoms with Crippen molar-refractivity contribution in [2.75, 3.05) is 32.9 Å². The molecule has 0 aliphatic carbocycles. The Hall–Kier alpha value is -0.660. The number of hydrogen-bond donors (Lipinski definition) is 1. The van der Waals surface area contributed by atoms with E-state index in [-0.39, 0.29) is 30.5 Å². The SMILES string of the molecule is Cl.Cl.O=[N+]([O-])c1ccc(Cl)cc1[C@@H](CF)N1CCNCC1. The zero-order chi connectivity index (χ0) is 13.8. The van der Waals surface area contributed by atoms with Gasteiger partial charge in [-0.3, -0.25) is 15.0 Å². The van der Waals surface area contributed by atoms with Gasteiger partial charge < -0.3 is 5.32 Å². The molecule has 1 aromatic rings. The molecule has 2 rings (SSSR count). The number of piperazine rings is 1. The van der Waals surface area contributed by atoms with Crippen LogP contribution >= 0.6 is 36.4 Å². The van der Waals surface area contributed by atoms with E-state index in [1.54, 1.807) is 0 Å². The minimum Gasteiger partial charge on any atom is -0.314 e. The second-order valence-electron chi connectivity index (χ2n) is 4.42. The Morgan fingerprint density at radius 1 is 1.38 bits per heavy atom. The van der Waals surface area contributed by atoms with Gasteiger partial charge in [0.15, 0.2) is 0 Å². The van der Waals surface area contributed by atoms with Crippen LogP contribution in [0.2, 0.25) is 5.02 Å². The van der Waals surface area contributed by atoms with E-state index in [0.717, 1.165) is 13.1 Å². The second kappa shape index (κ2) is 9.38. The van der Waals surface area contributed by atoms with Crippen LogP contribution in [0.25, 0.3) is 0 Å². The predicted octanol–water partition coefficient (Wildman–Crippen LogP) is 3.01. The van der Waals surface area contributed by atoms with Crippen LogP contribution < -0.4 is 5.32 Å². The molecule has 0 radical (unpaired) electrons. The predicted molar refractivity (Wildman–Crippen MR) is 85.8 cm³/mol. The number of rotatable bonds is 4. The third-order valence-electron chi connectivity index (χ3n) is 3.28. The van der Waals surface area contributed by atoms with Gasteiger partial charge in [0.05, 0.1) is 16.5 Å². The van der Waals surface area contributed by atoms with E-state index < -0.39 is 17.6 Å². The first-order valence-electron chi connectivity index (χ1n) is 6.08. The molecule has 1 N–H and O–H groups in total. The maximum Gasteiger partial charge on any atom is 0.274 e. The highest BCUT2D eigenvalue weighted by Gasteiger charge is 2.28. The molecule has 0 saturated carbocycles. The summed E-state index contributed by atoms with van der Waals surface area (Å²) < 4.78 is 13.4. The van der Waals surface area contributed by atoms with Gasteiger partial charge in [0.25, 0.3) is 5.69 Å². The van der Waals surface area contributed by atoms with Crippen molar-refractivity contribution in [1.82, 2.24) is 10.2 Å². The summed E-state index contributed by atoms with van der Waals surface area (Å²) >= 11 is 5.89. The number of nitro groups is 1. The Kier molecular flexibility index (Phi) is 9.08. The highest BCUT2D eigenvalue weighted by atomic mass is 35.5. The summed E-state index contributed by atoms with van der Waals surface area (Å²) in [6.45, 7) is 2.17. The molecular formula is C12H17Cl3FN3O2. The van der Waals surface area contributed by atoms with Crippen LogP contribution in [0.15, 0.2) is 18.2 Å². The summed E-state index contributed by atoms with van der Waals surface area (Å²) in [5, 5.41) is 14.6. The third-order valence-corrected chi connectivity index (χ3v) is 3.52. The van der Waals surface area contributed by atoms with Gasteiger partial charge in [0.1, 0.15) is 6.67 Å². The van der Waals surface area contributed by atoms with E-state index in [1.807, 2.05) is 4.90 Å². The number of nitrogens with one attached hydrogen (secondary N) is 1. The quantitative estimate of drug-likeness (QED) is 0.662. The number of hydrogen-bond acceptors (Lipinski definition) is 4. The van der Waals surface area contributed by atoms with Gasteiger partial charge in [-0.05, 0) is 12.1 Å². The van der Waals surface area contributed by atoms with Crippen LogP contribution in [-0.2, 0) is 0 Å². The fourth-order valence-corrected chi connectivity index (χ4v) is 2.51. The number of benzene rings is 1. The Balaban J connectivity index is 0.00000200. The van der Waals surface area contributed by atoms with Crippen molar-refractivity contribution < 1.29 is 9.31 Å². The first-order chi connectivity index (χ1) is 9.13. The van der Waals surface area contributed by atoms with E-state index in [4.69, 9.17) is 11.6 Å². The first kappa shape index (κ1) is 20.3. The fourth-order valence-electron chi connectivity index (χ4n) is 2.33. The smallest absolute Gasteiger partial charge is 0.274 e. The van der Waals surface area contributed by atoms with E-state index >= 15 is 0 Å². The number of halogens is 4. The summed E-state index contributed by atoms with van der Waals surface area (Å²) in [6.07, 6.45) is 0. The minimum atomic E-state index is -0.665. The van der Waals surface area contributed by atoms with Crippen molar-refractivity contribution in [2.45, 2.75) is 6.04 Å². The summed E-state index contributed by atoms with van der Waals surface area (Å²) in [5.41, 5.74) is 0.271. The van der Waals surface area contributed by atoms with Gasteiger partial charge in [-0.2, -0.15) is 0 Å². The molecule has 9 heteroatoms. The lowest BCUT2D eigenvalue weighted by molar-refractivity contribution is -0.386. The molecule has 1 heterocycles. The molecule has 0 bridgehead atoms. The van der Waals surface area contributed by atoms with Gasteiger partial charge in [-0.25, -0.2) is 4.39 Å². The molecule has 21 heavy (non-hydrogen) atoms. The maximum atomic E-state index is 13.4. The van der Waals surface area contributed by atoms with Crippen molar-refractivity contribution in [3.8, 4) is 0 Å². The van der Waals surface area contributed by atoms with Crippen LogP contribution in [0.5, 0.6) is 0 Å². The molecule has 1 atom stereocenters. The Labute approximate surface area is 139 Å². The Morgan fingerprint density at radius 3 is 2.52 bits per heavy atom. The summed E-state index contributed by atoms with van der Waals surface area (Å²) in [4.78, 5) is 12.5. The van der Waals surface area contributed by atoms with Gasteiger partial charge >= 0.3 is 0 Å². The fraction of sp³-hybridized carbons (Fsp3) is 0.500. The third kappa shape index (κ3) is 4.93. The largest absolute Gasteiger partial charge is 0.314 e. The van der Waals surface area contributed by atoms with Crippen LogP contribution in [0.1, 0.15) is 11.6 Å². The highest BCUT2D eigenvalue weighted by molar-refractivity contribution is 6.30. The molecule has 0 aromatic heterocycles. The summed E-state index contributed by atoms with van der Waals surface area (Å²) in [5.74, 6) is 0. The molecule has 1 aromatic carbocycles. The van der Waals surface area contributed by atoms with Crippen LogP contribution in [0.4, 0.5) is 10.1 Å². The van der Waals surface area contributed by atoms with Crippen LogP contribution in [-0.4, -0.2) is 42.7 Å². The summed E-state index contributed by atoms with van der Waals surface area (Å²) in [7, 11) is 0. The zero-order valence-corrected chi connectivity index (χ0v) is 13.5.